The van der Waals surface area contributed by atoms with Gasteiger partial charge < -0.3 is 5.11 Å². The van der Waals surface area contributed by atoms with Crippen LogP contribution in [-0.4, -0.2) is 18.2 Å². The summed E-state index contributed by atoms with van der Waals surface area (Å²) < 4.78 is 26.3. The molecule has 0 saturated heterocycles. The number of phenolic OH excluding ortho intramolecular Hbond substituents is 1. The molecule has 2 aromatic carbocycles. The Bertz CT molecular complexity index is 929. The molecule has 1 unspecified atom stereocenters. The third-order valence-corrected chi connectivity index (χ3v) is 4.33. The fraction of sp³-hybridized carbons (Fsp3) is 0. The van der Waals surface area contributed by atoms with Crippen LogP contribution in [-0.2, 0) is 11.3 Å². The average Bonchev–Trinajstić information content (AvgIpc) is 2.90. The normalized spacial score (nSPS) is 12.8. The molecule has 1 atom stereocenters. The Hall–Kier alpha value is -2.07. The van der Waals surface area contributed by atoms with Crippen LogP contribution in [0.5, 0.6) is 5.75 Å². The second-order valence-electron chi connectivity index (χ2n) is 4.41. The van der Waals surface area contributed by atoms with Gasteiger partial charge in [-0.05, 0) is 47.9 Å². The van der Waals surface area contributed by atoms with Crippen molar-refractivity contribution in [2.24, 2.45) is 10.2 Å². The average molecular weight is 369 g/mol. The Kier molecular flexibility index (Phi) is 4.53. The lowest BCUT2D eigenvalue weighted by atomic mass is 10.2. The summed E-state index contributed by atoms with van der Waals surface area (Å²) in [6.07, 6.45) is 0. The highest BCUT2D eigenvalue weighted by atomic mass is 35.5. The Morgan fingerprint density at radius 2 is 2.04 bits per heavy atom. The van der Waals surface area contributed by atoms with Crippen molar-refractivity contribution < 1.29 is 13.9 Å². The first kappa shape index (κ1) is 15.8. The molecular weight excluding hydrogens is 360 g/mol. The largest absolute Gasteiger partial charge is 0.506 e. The number of nitrogens with one attached hydrogen (secondary N) is 1. The number of aromatic nitrogens is 1. The fourth-order valence-corrected chi connectivity index (χ4v) is 3.01. The van der Waals surface area contributed by atoms with Gasteiger partial charge in [0.25, 0.3) is 11.3 Å². The molecule has 0 radical (unpaired) electrons. The lowest BCUT2D eigenvalue weighted by molar-refractivity contribution is 0.475. The summed E-state index contributed by atoms with van der Waals surface area (Å²) in [5.41, 5.74) is 1.67. The lowest BCUT2D eigenvalue weighted by Gasteiger charge is -2.00. The van der Waals surface area contributed by atoms with E-state index in [1.54, 1.807) is 24.3 Å². The minimum Gasteiger partial charge on any atom is -0.506 e. The van der Waals surface area contributed by atoms with Gasteiger partial charge in [0.15, 0.2) is 5.00 Å². The molecular formula is C13H9ClN4O3S2. The Balaban J connectivity index is 1.94. The summed E-state index contributed by atoms with van der Waals surface area (Å²) >= 11 is 4.82. The summed E-state index contributed by atoms with van der Waals surface area (Å²) in [7, 11) is 0. The Morgan fingerprint density at radius 1 is 1.22 bits per heavy atom. The van der Waals surface area contributed by atoms with Crippen molar-refractivity contribution in [2.75, 3.05) is 4.72 Å². The predicted octanol–water partition coefficient (Wildman–Crippen LogP) is 4.62. The number of fused-ring (bicyclic) bond motifs is 1. The van der Waals surface area contributed by atoms with E-state index < -0.39 is 11.3 Å². The van der Waals surface area contributed by atoms with Crippen LogP contribution in [0.3, 0.4) is 0 Å². The molecule has 0 spiro atoms. The smallest absolute Gasteiger partial charge is 0.259 e. The molecule has 3 aromatic rings. The summed E-state index contributed by atoms with van der Waals surface area (Å²) in [5.74, 6) is -0.0263. The Morgan fingerprint density at radius 3 is 2.78 bits per heavy atom. The molecule has 23 heavy (non-hydrogen) atoms. The van der Waals surface area contributed by atoms with E-state index in [-0.39, 0.29) is 10.8 Å². The van der Waals surface area contributed by atoms with E-state index in [0.29, 0.717) is 27.3 Å². The van der Waals surface area contributed by atoms with E-state index >= 15 is 0 Å². The predicted molar refractivity (Wildman–Crippen MR) is 91.3 cm³/mol. The lowest BCUT2D eigenvalue weighted by Crippen LogP contribution is -2.01. The number of nitrogens with zero attached hydrogens (tertiary/aromatic N) is 3. The first-order valence-electron chi connectivity index (χ1n) is 6.20. The zero-order valence-corrected chi connectivity index (χ0v) is 13.7. The van der Waals surface area contributed by atoms with Crippen LogP contribution >= 0.6 is 23.1 Å². The maximum absolute atomic E-state index is 10.8. The first-order valence-corrected chi connectivity index (χ1v) is 8.46. The van der Waals surface area contributed by atoms with E-state index in [2.05, 4.69) is 19.3 Å². The maximum atomic E-state index is 10.8. The fourth-order valence-electron chi connectivity index (χ4n) is 1.83. The molecule has 0 saturated carbocycles. The minimum atomic E-state index is -2.15. The molecule has 0 bridgehead atoms. The summed E-state index contributed by atoms with van der Waals surface area (Å²) in [6.45, 7) is 0. The number of rotatable bonds is 4. The van der Waals surface area contributed by atoms with Crippen LogP contribution in [0.2, 0.25) is 5.02 Å². The number of halogens is 1. The number of aromatic hydroxyl groups is 1. The van der Waals surface area contributed by atoms with Crippen molar-refractivity contribution in [2.45, 2.75) is 0 Å². The molecule has 1 aromatic heterocycles. The second-order valence-corrected chi connectivity index (χ2v) is 6.27. The van der Waals surface area contributed by atoms with Gasteiger partial charge in [-0.3, -0.25) is 9.27 Å². The van der Waals surface area contributed by atoms with Gasteiger partial charge in [0, 0.05) is 11.1 Å². The van der Waals surface area contributed by atoms with Gasteiger partial charge in [0.2, 0.25) is 0 Å². The zero-order chi connectivity index (χ0) is 16.4. The molecule has 0 fully saturated rings. The topological polar surface area (TPSA) is 107 Å². The summed E-state index contributed by atoms with van der Waals surface area (Å²) in [5, 5.41) is 19.0. The number of hydrogen-bond acceptors (Lipinski definition) is 6. The standard InChI is InChI=1S/C13H9ClN4O3S2/c14-10-6-7(2-4-12(10)19)15-16-13-9-5-8(18-23(20)21)1-3-11(9)17-22-13/h1-6,18-19H,(H,20,21). The highest BCUT2D eigenvalue weighted by molar-refractivity contribution is 7.80. The highest BCUT2D eigenvalue weighted by Crippen LogP contribution is 2.34. The molecule has 10 heteroatoms. The van der Waals surface area contributed by atoms with Crippen LogP contribution in [0.4, 0.5) is 16.4 Å². The van der Waals surface area contributed by atoms with Gasteiger partial charge in [-0.25, -0.2) is 4.21 Å². The minimum absolute atomic E-state index is 0.0263. The van der Waals surface area contributed by atoms with E-state index in [0.717, 1.165) is 11.5 Å². The van der Waals surface area contributed by atoms with Crippen LogP contribution in [0, 0.1) is 0 Å². The van der Waals surface area contributed by atoms with Crippen LogP contribution in [0.15, 0.2) is 46.6 Å². The molecule has 118 valence electrons. The zero-order valence-electron chi connectivity index (χ0n) is 11.3. The summed E-state index contributed by atoms with van der Waals surface area (Å²) in [4.78, 5) is 0. The monoisotopic (exact) mass is 368 g/mol. The third kappa shape index (κ3) is 3.64. The van der Waals surface area contributed by atoms with Crippen molar-refractivity contribution in [1.29, 1.82) is 0 Å². The molecule has 0 aliphatic carbocycles. The number of hydrogen-bond donors (Lipinski definition) is 3. The van der Waals surface area contributed by atoms with Crippen molar-refractivity contribution >= 4 is 61.7 Å². The van der Waals surface area contributed by atoms with Crippen molar-refractivity contribution in [1.82, 2.24) is 4.37 Å². The van der Waals surface area contributed by atoms with E-state index in [4.69, 9.17) is 16.2 Å². The van der Waals surface area contributed by atoms with Gasteiger partial charge in [0.05, 0.1) is 16.2 Å². The van der Waals surface area contributed by atoms with Crippen LogP contribution in [0.25, 0.3) is 10.9 Å². The van der Waals surface area contributed by atoms with Gasteiger partial charge >= 0.3 is 0 Å². The maximum Gasteiger partial charge on any atom is 0.259 e. The van der Waals surface area contributed by atoms with Gasteiger partial charge in [0.1, 0.15) is 5.75 Å². The third-order valence-electron chi connectivity index (χ3n) is 2.85. The molecule has 0 aliphatic rings. The van der Waals surface area contributed by atoms with Gasteiger partial charge in [-0.15, -0.1) is 10.2 Å². The van der Waals surface area contributed by atoms with E-state index in [1.165, 1.54) is 12.1 Å². The second kappa shape index (κ2) is 6.59. The quantitative estimate of drug-likeness (QED) is 0.461. The molecule has 0 amide bonds. The molecule has 0 aliphatic heterocycles. The van der Waals surface area contributed by atoms with Gasteiger partial charge in [-0.1, -0.05) is 11.6 Å². The van der Waals surface area contributed by atoms with E-state index in [1.807, 2.05) is 0 Å². The number of azo groups is 1. The Labute approximate surface area is 142 Å². The number of phenols is 1. The summed E-state index contributed by atoms with van der Waals surface area (Å²) in [6, 6.07) is 9.54. The number of anilines is 1. The van der Waals surface area contributed by atoms with Gasteiger partial charge in [-0.2, -0.15) is 4.37 Å². The molecule has 3 N–H and O–H groups in total. The molecule has 1 heterocycles. The van der Waals surface area contributed by atoms with Crippen molar-refractivity contribution in [3.8, 4) is 5.75 Å². The van der Waals surface area contributed by atoms with Crippen LogP contribution < -0.4 is 4.72 Å². The van der Waals surface area contributed by atoms with E-state index in [9.17, 15) is 9.32 Å². The van der Waals surface area contributed by atoms with Crippen molar-refractivity contribution in [3.05, 3.63) is 41.4 Å². The SMILES string of the molecule is O=S(O)Nc1ccc2nsc(N=Nc3ccc(O)c(Cl)c3)c2c1. The molecule has 7 nitrogen and oxygen atoms in total. The van der Waals surface area contributed by atoms with Crippen molar-refractivity contribution in [3.63, 3.8) is 0 Å². The van der Waals surface area contributed by atoms with Crippen LogP contribution in [0.1, 0.15) is 0 Å². The molecule has 3 rings (SSSR count). The first-order chi connectivity index (χ1) is 11.0. The number of benzene rings is 2. The highest BCUT2D eigenvalue weighted by Gasteiger charge is 2.07.